The van der Waals surface area contributed by atoms with Crippen LogP contribution in [0, 0.1) is 0 Å². The minimum atomic E-state index is -1.07. The van der Waals surface area contributed by atoms with E-state index in [4.69, 9.17) is 20.3 Å². The van der Waals surface area contributed by atoms with Crippen molar-refractivity contribution in [3.05, 3.63) is 67.0 Å². The molecule has 0 bridgehead atoms. The Morgan fingerprint density at radius 3 is 2.69 bits per heavy atom. The number of nitrogens with one attached hydrogen (secondary N) is 2. The van der Waals surface area contributed by atoms with Crippen LogP contribution in [0.4, 0.5) is 17.1 Å². The summed E-state index contributed by atoms with van der Waals surface area (Å²) >= 11 is 0. The smallest absolute Gasteiger partial charge is 0.320 e. The number of carbonyl (C=O) groups is 2. The number of aliphatic carboxylic acids is 1. The Bertz CT molecular complexity index is 1360. The molecule has 0 saturated heterocycles. The molecule has 36 heavy (non-hydrogen) atoms. The SMILES string of the molecule is COc1cc(Nc2cnn(CC(=O)Nc3ccccc3)c2)c2ccc(OCC[C@H](N)C(=O)O)cc2n1. The summed E-state index contributed by atoms with van der Waals surface area (Å²) in [7, 11) is 1.52. The van der Waals surface area contributed by atoms with Gasteiger partial charge in [-0.25, -0.2) is 4.98 Å². The molecule has 4 aromatic rings. The fourth-order valence-corrected chi connectivity index (χ4v) is 3.45. The minimum Gasteiger partial charge on any atom is -0.493 e. The van der Waals surface area contributed by atoms with Crippen molar-refractivity contribution in [2.45, 2.75) is 19.0 Å². The number of hydrogen-bond donors (Lipinski definition) is 4. The maximum Gasteiger partial charge on any atom is 0.320 e. The molecular formula is C25H26N6O5. The first kappa shape index (κ1) is 24.5. The maximum absolute atomic E-state index is 12.3. The quantitative estimate of drug-likeness (QED) is 0.248. The van der Waals surface area contributed by atoms with Crippen molar-refractivity contribution in [2.75, 3.05) is 24.4 Å². The van der Waals surface area contributed by atoms with E-state index in [1.807, 2.05) is 36.4 Å². The Hall–Kier alpha value is -4.64. The van der Waals surface area contributed by atoms with Crippen molar-refractivity contribution in [1.82, 2.24) is 14.8 Å². The molecule has 11 nitrogen and oxygen atoms in total. The average molecular weight is 491 g/mol. The zero-order chi connectivity index (χ0) is 25.5. The van der Waals surface area contributed by atoms with Gasteiger partial charge in [-0.2, -0.15) is 5.10 Å². The molecule has 4 rings (SSSR count). The van der Waals surface area contributed by atoms with Gasteiger partial charge in [-0.1, -0.05) is 18.2 Å². The monoisotopic (exact) mass is 490 g/mol. The van der Waals surface area contributed by atoms with E-state index >= 15 is 0 Å². The number of aromatic nitrogens is 3. The van der Waals surface area contributed by atoms with Crippen LogP contribution in [0.15, 0.2) is 67.0 Å². The molecule has 5 N–H and O–H groups in total. The number of carboxylic acids is 1. The number of pyridine rings is 1. The Kier molecular flexibility index (Phi) is 7.61. The van der Waals surface area contributed by atoms with Gasteiger partial charge in [0.1, 0.15) is 18.3 Å². The highest BCUT2D eigenvalue weighted by Crippen LogP contribution is 2.31. The number of hydrogen-bond acceptors (Lipinski definition) is 8. The molecule has 2 aromatic carbocycles. The summed E-state index contributed by atoms with van der Waals surface area (Å²) in [5.74, 6) is -0.336. The molecule has 186 valence electrons. The molecule has 2 heterocycles. The average Bonchev–Trinajstić information content (AvgIpc) is 3.30. The lowest BCUT2D eigenvalue weighted by Crippen LogP contribution is -2.31. The van der Waals surface area contributed by atoms with Gasteiger partial charge in [-0.3, -0.25) is 14.3 Å². The lowest BCUT2D eigenvalue weighted by molar-refractivity contribution is -0.138. The van der Waals surface area contributed by atoms with Crippen LogP contribution in [0.3, 0.4) is 0 Å². The van der Waals surface area contributed by atoms with Crippen LogP contribution >= 0.6 is 0 Å². The zero-order valence-corrected chi connectivity index (χ0v) is 19.5. The topological polar surface area (TPSA) is 154 Å². The normalized spacial score (nSPS) is 11.6. The van der Waals surface area contributed by atoms with Crippen LogP contribution in [0.1, 0.15) is 6.42 Å². The maximum atomic E-state index is 12.3. The van der Waals surface area contributed by atoms with Crippen LogP contribution in [-0.4, -0.2) is 51.5 Å². The van der Waals surface area contributed by atoms with Gasteiger partial charge < -0.3 is 30.9 Å². The van der Waals surface area contributed by atoms with Crippen LogP contribution in [0.2, 0.25) is 0 Å². The van der Waals surface area contributed by atoms with E-state index in [1.165, 1.54) is 11.8 Å². The van der Waals surface area contributed by atoms with E-state index in [9.17, 15) is 9.59 Å². The molecule has 0 radical (unpaired) electrons. The van der Waals surface area contributed by atoms with E-state index in [0.29, 0.717) is 22.8 Å². The number of carbonyl (C=O) groups excluding carboxylic acids is 1. The van der Waals surface area contributed by atoms with Crippen molar-refractivity contribution < 1.29 is 24.2 Å². The number of rotatable bonds is 11. The van der Waals surface area contributed by atoms with Gasteiger partial charge in [0.15, 0.2) is 0 Å². The van der Waals surface area contributed by atoms with Crippen molar-refractivity contribution in [2.24, 2.45) is 5.73 Å². The molecule has 0 unspecified atom stereocenters. The molecule has 0 aliphatic carbocycles. The summed E-state index contributed by atoms with van der Waals surface area (Å²) in [6.45, 7) is 0.217. The number of methoxy groups -OCH3 is 1. The third-order valence-corrected chi connectivity index (χ3v) is 5.26. The molecular weight excluding hydrogens is 464 g/mol. The Labute approximate surface area is 206 Å². The number of fused-ring (bicyclic) bond motifs is 1. The number of ether oxygens (including phenoxy) is 2. The van der Waals surface area contributed by atoms with E-state index in [2.05, 4.69) is 20.7 Å². The van der Waals surface area contributed by atoms with Crippen LogP contribution in [0.25, 0.3) is 10.9 Å². The largest absolute Gasteiger partial charge is 0.493 e. The summed E-state index contributed by atoms with van der Waals surface area (Å²) in [4.78, 5) is 27.7. The fraction of sp³-hybridized carbons (Fsp3) is 0.200. The summed E-state index contributed by atoms with van der Waals surface area (Å²) in [5, 5.41) is 20.1. The van der Waals surface area contributed by atoms with Gasteiger partial charge >= 0.3 is 5.97 Å². The number of para-hydroxylation sites is 1. The number of nitrogens with two attached hydrogens (primary N) is 1. The first-order valence-corrected chi connectivity index (χ1v) is 11.2. The Morgan fingerprint density at radius 2 is 1.94 bits per heavy atom. The predicted octanol–water partition coefficient (Wildman–Crippen LogP) is 3.00. The number of benzene rings is 2. The third kappa shape index (κ3) is 6.27. The summed E-state index contributed by atoms with van der Waals surface area (Å²) in [6, 6.07) is 15.3. The third-order valence-electron chi connectivity index (χ3n) is 5.26. The van der Waals surface area contributed by atoms with Crippen LogP contribution in [-0.2, 0) is 16.1 Å². The van der Waals surface area contributed by atoms with Gasteiger partial charge in [0.05, 0.1) is 36.8 Å². The van der Waals surface area contributed by atoms with Gasteiger partial charge in [-0.05, 0) is 24.3 Å². The van der Waals surface area contributed by atoms with E-state index in [-0.39, 0.29) is 25.5 Å². The second kappa shape index (κ2) is 11.2. The fourth-order valence-electron chi connectivity index (χ4n) is 3.45. The second-order valence-corrected chi connectivity index (χ2v) is 7.94. The summed E-state index contributed by atoms with van der Waals surface area (Å²) in [5.41, 5.74) is 8.26. The predicted molar refractivity (Wildman–Crippen MR) is 135 cm³/mol. The second-order valence-electron chi connectivity index (χ2n) is 7.94. The highest BCUT2D eigenvalue weighted by molar-refractivity contribution is 5.94. The van der Waals surface area contributed by atoms with Crippen molar-refractivity contribution in [3.63, 3.8) is 0 Å². The van der Waals surface area contributed by atoms with E-state index < -0.39 is 12.0 Å². The first-order chi connectivity index (χ1) is 17.4. The molecule has 1 amide bonds. The summed E-state index contributed by atoms with van der Waals surface area (Å²) < 4.78 is 12.5. The van der Waals surface area contributed by atoms with Crippen molar-refractivity contribution in [3.8, 4) is 11.6 Å². The molecule has 2 aromatic heterocycles. The molecule has 1 atom stereocenters. The standard InChI is InChI=1S/C25H26N6O5/c1-35-24-12-22(19-8-7-18(11-21(19)30-24)36-10-9-20(26)25(33)34)28-17-13-27-31(14-17)15-23(32)29-16-5-3-2-4-6-16/h2-8,11-14,20H,9-10,15,26H2,1H3,(H,28,30)(H,29,32)(H,33,34)/t20-/m0/s1. The van der Waals surface area contributed by atoms with Gasteiger partial charge in [-0.15, -0.1) is 0 Å². The number of amides is 1. The van der Waals surface area contributed by atoms with E-state index in [1.54, 1.807) is 30.6 Å². The Morgan fingerprint density at radius 1 is 1.14 bits per heavy atom. The molecule has 0 aliphatic rings. The molecule has 0 spiro atoms. The first-order valence-electron chi connectivity index (χ1n) is 11.2. The summed E-state index contributed by atoms with van der Waals surface area (Å²) in [6.07, 6.45) is 3.53. The van der Waals surface area contributed by atoms with Gasteiger partial charge in [0.25, 0.3) is 0 Å². The van der Waals surface area contributed by atoms with E-state index in [0.717, 1.165) is 16.8 Å². The molecule has 0 aliphatic heterocycles. The van der Waals surface area contributed by atoms with Gasteiger partial charge in [0.2, 0.25) is 11.8 Å². The molecule has 0 saturated carbocycles. The lowest BCUT2D eigenvalue weighted by Gasteiger charge is -2.12. The van der Waals surface area contributed by atoms with Crippen LogP contribution in [0.5, 0.6) is 11.6 Å². The Balaban J connectivity index is 1.46. The number of carboxylic acid groups (broad SMARTS) is 1. The van der Waals surface area contributed by atoms with Crippen LogP contribution < -0.4 is 25.8 Å². The zero-order valence-electron chi connectivity index (χ0n) is 19.5. The number of anilines is 3. The molecule has 11 heteroatoms. The van der Waals surface area contributed by atoms with Gasteiger partial charge in [0, 0.05) is 35.8 Å². The highest BCUT2D eigenvalue weighted by Gasteiger charge is 2.13. The van der Waals surface area contributed by atoms with Crippen molar-refractivity contribution in [1.29, 1.82) is 0 Å². The van der Waals surface area contributed by atoms with Crippen molar-refractivity contribution >= 4 is 39.8 Å². The number of nitrogens with zero attached hydrogens (tertiary/aromatic N) is 3. The lowest BCUT2D eigenvalue weighted by atomic mass is 10.1. The minimum absolute atomic E-state index is 0.0588. The molecule has 0 fully saturated rings. The highest BCUT2D eigenvalue weighted by atomic mass is 16.5.